The van der Waals surface area contributed by atoms with Gasteiger partial charge in [0.1, 0.15) is 0 Å². The molecule has 8 heteroatoms. The molecule has 2 rings (SSSR count). The number of nitrogens with zero attached hydrogens (tertiary/aromatic N) is 4. The topological polar surface area (TPSA) is 91.1 Å². The average molecular weight is 321 g/mol. The minimum Gasteiger partial charge on any atom is -0.369 e. The molecule has 7 nitrogen and oxygen atoms in total. The van der Waals surface area contributed by atoms with Gasteiger partial charge < -0.3 is 15.2 Å². The van der Waals surface area contributed by atoms with E-state index >= 15 is 0 Å². The number of carbonyl (C=O) groups excluding carboxylic acids is 1. The number of quaternary nitrogens is 1. The second-order valence-electron chi connectivity index (χ2n) is 5.26. The van der Waals surface area contributed by atoms with E-state index in [1.165, 1.54) is 16.7 Å². The molecule has 0 fully saturated rings. The first-order valence-electron chi connectivity index (χ1n) is 7.11. The molecular formula is C14H21N6OS+. The number of aromatic nitrogens is 4. The molecule has 22 heavy (non-hydrogen) atoms. The molecule has 0 spiro atoms. The summed E-state index contributed by atoms with van der Waals surface area (Å²) in [7, 11) is 4.25. The van der Waals surface area contributed by atoms with Crippen LogP contribution in [0.4, 0.5) is 0 Å². The van der Waals surface area contributed by atoms with Gasteiger partial charge in [-0.3, -0.25) is 9.78 Å². The van der Waals surface area contributed by atoms with Crippen molar-refractivity contribution >= 4 is 17.7 Å². The first-order chi connectivity index (χ1) is 10.6. The summed E-state index contributed by atoms with van der Waals surface area (Å²) in [4.78, 5) is 16.4. The summed E-state index contributed by atoms with van der Waals surface area (Å²) >= 11 is 1.32. The predicted molar refractivity (Wildman–Crippen MR) is 85.5 cm³/mol. The molecule has 0 unspecified atom stereocenters. The Morgan fingerprint density at radius 2 is 2.05 bits per heavy atom. The van der Waals surface area contributed by atoms with Gasteiger partial charge in [-0.05, 0) is 12.1 Å². The molecule has 118 valence electrons. The largest absolute Gasteiger partial charge is 0.369 e. The van der Waals surface area contributed by atoms with E-state index in [0.29, 0.717) is 0 Å². The van der Waals surface area contributed by atoms with E-state index in [1.807, 2.05) is 16.7 Å². The zero-order valence-electron chi connectivity index (χ0n) is 12.8. The van der Waals surface area contributed by atoms with E-state index in [1.54, 1.807) is 12.4 Å². The molecule has 0 aliphatic rings. The molecular weight excluding hydrogens is 300 g/mol. The lowest BCUT2D eigenvalue weighted by Gasteiger charge is -2.11. The first kappa shape index (κ1) is 16.4. The monoisotopic (exact) mass is 321 g/mol. The van der Waals surface area contributed by atoms with E-state index < -0.39 is 0 Å². The molecule has 0 aliphatic heterocycles. The summed E-state index contributed by atoms with van der Waals surface area (Å²) in [5, 5.41) is 9.19. The van der Waals surface area contributed by atoms with Crippen molar-refractivity contribution in [2.45, 2.75) is 18.1 Å². The van der Waals surface area contributed by atoms with Crippen LogP contribution in [0.2, 0.25) is 0 Å². The van der Waals surface area contributed by atoms with E-state index in [2.05, 4.69) is 29.3 Å². The summed E-state index contributed by atoms with van der Waals surface area (Å²) in [6.45, 7) is 1.85. The Hall–Kier alpha value is -1.93. The molecule has 0 aromatic carbocycles. The fourth-order valence-electron chi connectivity index (χ4n) is 2.04. The van der Waals surface area contributed by atoms with Crippen LogP contribution < -0.4 is 10.6 Å². The summed E-state index contributed by atoms with van der Waals surface area (Å²) in [6, 6.07) is 3.81. The maximum absolute atomic E-state index is 11.0. The van der Waals surface area contributed by atoms with Crippen molar-refractivity contribution in [3.05, 3.63) is 24.5 Å². The van der Waals surface area contributed by atoms with Crippen LogP contribution in [0.15, 0.2) is 29.7 Å². The van der Waals surface area contributed by atoms with Gasteiger partial charge in [0.05, 0.1) is 26.4 Å². The molecule has 0 aliphatic carbocycles. The van der Waals surface area contributed by atoms with Gasteiger partial charge in [0.25, 0.3) is 0 Å². The highest BCUT2D eigenvalue weighted by Gasteiger charge is 2.15. The lowest BCUT2D eigenvalue weighted by molar-refractivity contribution is -0.858. The number of pyridine rings is 1. The zero-order chi connectivity index (χ0) is 15.9. The highest BCUT2D eigenvalue weighted by Crippen LogP contribution is 2.23. The summed E-state index contributed by atoms with van der Waals surface area (Å²) < 4.78 is 2.05. The Morgan fingerprint density at radius 1 is 1.32 bits per heavy atom. The minimum absolute atomic E-state index is 0.202. The second-order valence-corrected chi connectivity index (χ2v) is 6.20. The maximum Gasteiger partial charge on any atom is 0.227 e. The van der Waals surface area contributed by atoms with Gasteiger partial charge in [-0.15, -0.1) is 10.2 Å². The highest BCUT2D eigenvalue weighted by atomic mass is 32.2. The Balaban J connectivity index is 2.22. The van der Waals surface area contributed by atoms with Crippen LogP contribution in [0.5, 0.6) is 0 Å². The maximum atomic E-state index is 11.0. The zero-order valence-corrected chi connectivity index (χ0v) is 13.6. The van der Waals surface area contributed by atoms with Gasteiger partial charge in [-0.1, -0.05) is 11.8 Å². The van der Waals surface area contributed by atoms with Gasteiger partial charge in [0.2, 0.25) is 5.91 Å². The third-order valence-electron chi connectivity index (χ3n) is 3.06. The summed E-state index contributed by atoms with van der Waals surface area (Å²) in [6.07, 6.45) is 4.46. The fourth-order valence-corrected chi connectivity index (χ4v) is 2.74. The van der Waals surface area contributed by atoms with Crippen molar-refractivity contribution in [2.75, 3.05) is 26.4 Å². The third-order valence-corrected chi connectivity index (χ3v) is 4.05. The van der Waals surface area contributed by atoms with Crippen LogP contribution in [0.3, 0.4) is 0 Å². The summed E-state index contributed by atoms with van der Waals surface area (Å²) in [5.41, 5.74) is 6.18. The molecule has 0 atom stereocenters. The van der Waals surface area contributed by atoms with Crippen LogP contribution in [0, 0.1) is 0 Å². The van der Waals surface area contributed by atoms with Crippen LogP contribution in [-0.4, -0.2) is 52.0 Å². The molecule has 2 aromatic rings. The Morgan fingerprint density at radius 3 is 2.68 bits per heavy atom. The number of carbonyl (C=O) groups is 1. The van der Waals surface area contributed by atoms with Crippen LogP contribution >= 0.6 is 11.8 Å². The molecule has 0 bridgehead atoms. The van der Waals surface area contributed by atoms with Crippen molar-refractivity contribution in [3.8, 4) is 11.4 Å². The van der Waals surface area contributed by atoms with E-state index in [0.717, 1.165) is 36.1 Å². The van der Waals surface area contributed by atoms with Crippen LogP contribution in [0.25, 0.3) is 11.4 Å². The Bertz CT molecular complexity index is 613. The van der Waals surface area contributed by atoms with E-state index in [9.17, 15) is 4.79 Å². The predicted octanol–water partition coefficient (Wildman–Crippen LogP) is -0.548. The number of rotatable bonds is 8. The summed E-state index contributed by atoms with van der Waals surface area (Å²) in [5.74, 6) is 0.638. The molecule has 2 heterocycles. The fraction of sp³-hybridized carbons (Fsp3) is 0.429. The first-order valence-corrected chi connectivity index (χ1v) is 8.10. The lowest BCUT2D eigenvalue weighted by atomic mass is 10.2. The number of nitrogens with one attached hydrogen (secondary N) is 1. The third kappa shape index (κ3) is 4.54. The van der Waals surface area contributed by atoms with Gasteiger partial charge in [0, 0.05) is 30.9 Å². The Labute approximate surface area is 133 Å². The number of amides is 1. The van der Waals surface area contributed by atoms with Crippen LogP contribution in [-0.2, 0) is 11.3 Å². The van der Waals surface area contributed by atoms with E-state index in [-0.39, 0.29) is 11.7 Å². The molecule has 0 saturated carbocycles. The molecule has 2 aromatic heterocycles. The molecule has 3 N–H and O–H groups in total. The molecule has 0 radical (unpaired) electrons. The number of hydrogen-bond acceptors (Lipinski definition) is 5. The number of thioether (sulfide) groups is 1. The van der Waals surface area contributed by atoms with Crippen LogP contribution in [0.1, 0.15) is 6.42 Å². The lowest BCUT2D eigenvalue weighted by Crippen LogP contribution is -3.05. The van der Waals surface area contributed by atoms with Gasteiger partial charge >= 0.3 is 0 Å². The van der Waals surface area contributed by atoms with Gasteiger partial charge in [0.15, 0.2) is 11.0 Å². The van der Waals surface area contributed by atoms with Crippen molar-refractivity contribution in [1.82, 2.24) is 19.7 Å². The van der Waals surface area contributed by atoms with Crippen molar-refractivity contribution < 1.29 is 9.69 Å². The van der Waals surface area contributed by atoms with Crippen molar-refractivity contribution in [2.24, 2.45) is 5.73 Å². The number of nitrogens with two attached hydrogens (primary N) is 1. The molecule has 0 saturated heterocycles. The minimum atomic E-state index is -0.359. The quantitative estimate of drug-likeness (QED) is 0.637. The van der Waals surface area contributed by atoms with E-state index in [4.69, 9.17) is 5.73 Å². The SMILES string of the molecule is C[NH+](C)CCCn1c(SCC(N)=O)nnc1-c1ccncc1. The Kier molecular flexibility index (Phi) is 5.91. The normalized spacial score (nSPS) is 11.0. The van der Waals surface area contributed by atoms with Crippen molar-refractivity contribution in [1.29, 1.82) is 0 Å². The van der Waals surface area contributed by atoms with Gasteiger partial charge in [-0.25, -0.2) is 0 Å². The van der Waals surface area contributed by atoms with Gasteiger partial charge in [-0.2, -0.15) is 0 Å². The molecule has 1 amide bonds. The highest BCUT2D eigenvalue weighted by molar-refractivity contribution is 7.99. The number of hydrogen-bond donors (Lipinski definition) is 2. The standard InChI is InChI=1S/C14H20N6OS/c1-19(2)8-3-9-20-13(11-4-6-16-7-5-11)17-18-14(20)22-10-12(15)21/h4-7H,3,8-10H2,1-2H3,(H2,15,21)/p+1. The smallest absolute Gasteiger partial charge is 0.227 e. The van der Waals surface area contributed by atoms with Crippen molar-refractivity contribution in [3.63, 3.8) is 0 Å². The average Bonchev–Trinajstić information content (AvgIpc) is 2.89. The number of primary amides is 1. The second kappa shape index (κ2) is 7.90.